The first-order valence-electron chi connectivity index (χ1n) is 5.73. The molecule has 1 aliphatic heterocycles. The molecule has 2 heterocycles. The van der Waals surface area contributed by atoms with Crippen LogP contribution in [0.3, 0.4) is 0 Å². The number of ether oxygens (including phenoxy) is 1. The summed E-state index contributed by atoms with van der Waals surface area (Å²) in [4.78, 5) is 17.4. The standard InChI is InChI=1S/C11H16N2O4/c1-2-16-10(15)9-7-17-11(12-9)13-4-3-8(5-13)6-14/h7-8,14H,2-6H2,1H3. The lowest BCUT2D eigenvalue weighted by Crippen LogP contribution is -2.21. The van der Waals surface area contributed by atoms with Crippen LogP contribution in [0.1, 0.15) is 23.8 Å². The maximum Gasteiger partial charge on any atom is 0.360 e. The van der Waals surface area contributed by atoms with Gasteiger partial charge < -0.3 is 19.2 Å². The Bertz CT molecular complexity index is 391. The molecule has 1 unspecified atom stereocenters. The topological polar surface area (TPSA) is 75.8 Å². The van der Waals surface area contributed by atoms with Gasteiger partial charge in [-0.05, 0) is 13.3 Å². The minimum Gasteiger partial charge on any atom is -0.461 e. The molecule has 0 saturated carbocycles. The van der Waals surface area contributed by atoms with Gasteiger partial charge in [0, 0.05) is 25.6 Å². The smallest absolute Gasteiger partial charge is 0.360 e. The van der Waals surface area contributed by atoms with Gasteiger partial charge >= 0.3 is 5.97 Å². The summed E-state index contributed by atoms with van der Waals surface area (Å²) in [6, 6.07) is 0.420. The van der Waals surface area contributed by atoms with E-state index in [1.54, 1.807) is 6.92 Å². The Hall–Kier alpha value is -1.56. The molecule has 6 nitrogen and oxygen atoms in total. The average Bonchev–Trinajstić information content (AvgIpc) is 2.98. The summed E-state index contributed by atoms with van der Waals surface area (Å²) in [5, 5.41) is 9.04. The van der Waals surface area contributed by atoms with Gasteiger partial charge in [0.1, 0.15) is 6.26 Å². The zero-order chi connectivity index (χ0) is 12.3. The number of esters is 1. The van der Waals surface area contributed by atoms with Gasteiger partial charge in [-0.3, -0.25) is 0 Å². The molecule has 0 spiro atoms. The van der Waals surface area contributed by atoms with Gasteiger partial charge in [-0.25, -0.2) is 4.79 Å². The highest BCUT2D eigenvalue weighted by molar-refractivity contribution is 5.87. The van der Waals surface area contributed by atoms with Crippen molar-refractivity contribution < 1.29 is 19.1 Å². The van der Waals surface area contributed by atoms with E-state index in [0.29, 0.717) is 19.2 Å². The SMILES string of the molecule is CCOC(=O)c1coc(N2CCC(CO)C2)n1. The van der Waals surface area contributed by atoms with Crippen LogP contribution in [-0.2, 0) is 4.74 Å². The summed E-state index contributed by atoms with van der Waals surface area (Å²) >= 11 is 0. The van der Waals surface area contributed by atoms with Crippen molar-refractivity contribution in [2.24, 2.45) is 5.92 Å². The van der Waals surface area contributed by atoms with Gasteiger partial charge in [0.2, 0.25) is 0 Å². The van der Waals surface area contributed by atoms with Crippen LogP contribution in [0.15, 0.2) is 10.7 Å². The van der Waals surface area contributed by atoms with Crippen molar-refractivity contribution in [2.45, 2.75) is 13.3 Å². The van der Waals surface area contributed by atoms with Crippen molar-refractivity contribution in [3.63, 3.8) is 0 Å². The monoisotopic (exact) mass is 240 g/mol. The predicted octanol–water partition coefficient (Wildman–Crippen LogP) is 0.670. The van der Waals surface area contributed by atoms with Crippen molar-refractivity contribution in [2.75, 3.05) is 31.2 Å². The first-order chi connectivity index (χ1) is 8.24. The average molecular weight is 240 g/mol. The van der Waals surface area contributed by atoms with Crippen LogP contribution in [0.4, 0.5) is 6.01 Å². The molecule has 1 aromatic rings. The number of aromatic nitrogens is 1. The second-order valence-electron chi connectivity index (χ2n) is 4.02. The largest absolute Gasteiger partial charge is 0.461 e. The summed E-state index contributed by atoms with van der Waals surface area (Å²) in [7, 11) is 0. The summed E-state index contributed by atoms with van der Waals surface area (Å²) in [5.41, 5.74) is 0.189. The van der Waals surface area contributed by atoms with E-state index >= 15 is 0 Å². The fraction of sp³-hybridized carbons (Fsp3) is 0.636. The molecule has 0 aliphatic carbocycles. The van der Waals surface area contributed by atoms with Gasteiger partial charge in [0.05, 0.1) is 6.61 Å². The maximum absolute atomic E-state index is 11.4. The number of anilines is 1. The Kier molecular flexibility index (Phi) is 3.63. The molecule has 17 heavy (non-hydrogen) atoms. The third kappa shape index (κ3) is 2.58. The number of hydrogen-bond donors (Lipinski definition) is 1. The quantitative estimate of drug-likeness (QED) is 0.779. The Morgan fingerprint density at radius 1 is 1.76 bits per heavy atom. The first kappa shape index (κ1) is 11.9. The lowest BCUT2D eigenvalue weighted by atomic mass is 10.1. The zero-order valence-electron chi connectivity index (χ0n) is 9.76. The van der Waals surface area contributed by atoms with Crippen molar-refractivity contribution in [3.05, 3.63) is 12.0 Å². The highest BCUT2D eigenvalue weighted by Gasteiger charge is 2.26. The zero-order valence-corrected chi connectivity index (χ0v) is 9.76. The van der Waals surface area contributed by atoms with Gasteiger partial charge in [-0.1, -0.05) is 0 Å². The van der Waals surface area contributed by atoms with Crippen LogP contribution in [0.25, 0.3) is 0 Å². The van der Waals surface area contributed by atoms with E-state index in [9.17, 15) is 4.79 Å². The molecule has 2 rings (SSSR count). The van der Waals surface area contributed by atoms with E-state index in [1.807, 2.05) is 4.90 Å². The first-order valence-corrected chi connectivity index (χ1v) is 5.73. The molecule has 1 fully saturated rings. The van der Waals surface area contributed by atoms with Crippen LogP contribution in [0.5, 0.6) is 0 Å². The Morgan fingerprint density at radius 2 is 2.59 bits per heavy atom. The van der Waals surface area contributed by atoms with Crippen LogP contribution in [-0.4, -0.2) is 42.4 Å². The number of aliphatic hydroxyl groups excluding tert-OH is 1. The second kappa shape index (κ2) is 5.18. The fourth-order valence-corrected chi connectivity index (χ4v) is 1.86. The molecule has 1 saturated heterocycles. The van der Waals surface area contributed by atoms with Crippen molar-refractivity contribution in [3.8, 4) is 0 Å². The minimum absolute atomic E-state index is 0.169. The molecule has 0 aromatic carbocycles. The van der Waals surface area contributed by atoms with Crippen molar-refractivity contribution >= 4 is 12.0 Å². The fourth-order valence-electron chi connectivity index (χ4n) is 1.86. The summed E-state index contributed by atoms with van der Waals surface area (Å²) in [5.74, 6) is -0.214. The maximum atomic E-state index is 11.4. The Labute approximate surface area is 99.2 Å². The van der Waals surface area contributed by atoms with E-state index in [2.05, 4.69) is 4.98 Å². The molecule has 1 aromatic heterocycles. The lowest BCUT2D eigenvalue weighted by Gasteiger charge is -2.12. The van der Waals surface area contributed by atoms with Crippen molar-refractivity contribution in [1.29, 1.82) is 0 Å². The second-order valence-corrected chi connectivity index (χ2v) is 4.02. The van der Waals surface area contributed by atoms with E-state index < -0.39 is 5.97 Å². The molecule has 6 heteroatoms. The normalized spacial score (nSPS) is 19.6. The van der Waals surface area contributed by atoms with Crippen LogP contribution < -0.4 is 4.90 Å². The third-order valence-corrected chi connectivity index (χ3v) is 2.79. The number of aliphatic hydroxyl groups is 1. The molecule has 0 bridgehead atoms. The van der Waals surface area contributed by atoms with E-state index in [1.165, 1.54) is 6.26 Å². The lowest BCUT2D eigenvalue weighted by molar-refractivity contribution is 0.0519. The number of carbonyl (C=O) groups is 1. The number of hydrogen-bond acceptors (Lipinski definition) is 6. The predicted molar refractivity (Wildman–Crippen MR) is 59.9 cm³/mol. The number of rotatable bonds is 4. The molecule has 94 valence electrons. The minimum atomic E-state index is -0.472. The van der Waals surface area contributed by atoms with Gasteiger partial charge in [-0.2, -0.15) is 4.98 Å². The third-order valence-electron chi connectivity index (χ3n) is 2.79. The molecule has 1 aliphatic rings. The van der Waals surface area contributed by atoms with Gasteiger partial charge in [-0.15, -0.1) is 0 Å². The molecular weight excluding hydrogens is 224 g/mol. The number of carbonyl (C=O) groups excluding carboxylic acids is 1. The summed E-state index contributed by atoms with van der Waals surface area (Å²) in [6.07, 6.45) is 2.22. The molecule has 1 N–H and O–H groups in total. The Morgan fingerprint density at radius 3 is 3.24 bits per heavy atom. The number of nitrogens with zero attached hydrogens (tertiary/aromatic N) is 2. The molecular formula is C11H16N2O4. The van der Waals surface area contributed by atoms with Gasteiger partial charge in [0.25, 0.3) is 6.01 Å². The molecule has 0 radical (unpaired) electrons. The van der Waals surface area contributed by atoms with E-state index in [4.69, 9.17) is 14.3 Å². The van der Waals surface area contributed by atoms with Crippen LogP contribution >= 0.6 is 0 Å². The van der Waals surface area contributed by atoms with Crippen LogP contribution in [0, 0.1) is 5.92 Å². The van der Waals surface area contributed by atoms with E-state index in [0.717, 1.165) is 13.0 Å². The molecule has 0 amide bonds. The highest BCUT2D eigenvalue weighted by Crippen LogP contribution is 2.22. The van der Waals surface area contributed by atoms with Crippen molar-refractivity contribution in [1.82, 2.24) is 4.98 Å². The molecule has 1 atom stereocenters. The van der Waals surface area contributed by atoms with E-state index in [-0.39, 0.29) is 18.2 Å². The summed E-state index contributed by atoms with van der Waals surface area (Å²) in [6.45, 7) is 3.72. The van der Waals surface area contributed by atoms with Crippen LogP contribution in [0.2, 0.25) is 0 Å². The Balaban J connectivity index is 2.01. The van der Waals surface area contributed by atoms with Gasteiger partial charge in [0.15, 0.2) is 5.69 Å². The highest BCUT2D eigenvalue weighted by atomic mass is 16.5. The number of oxazole rings is 1. The summed E-state index contributed by atoms with van der Waals surface area (Å²) < 4.78 is 10.1.